The molecular weight excluding hydrogens is 210 g/mol. The summed E-state index contributed by atoms with van der Waals surface area (Å²) in [5.41, 5.74) is 3.85. The molecule has 1 N–H and O–H groups in total. The van der Waals surface area contributed by atoms with Gasteiger partial charge in [-0.1, -0.05) is 27.2 Å². The Morgan fingerprint density at radius 1 is 1.29 bits per heavy atom. The van der Waals surface area contributed by atoms with E-state index in [1.54, 1.807) is 0 Å². The van der Waals surface area contributed by atoms with E-state index in [1.165, 1.54) is 29.8 Å². The molecule has 1 aromatic rings. The van der Waals surface area contributed by atoms with Gasteiger partial charge in [0.25, 0.3) is 0 Å². The first kappa shape index (κ1) is 14.2. The maximum atomic E-state index is 4.52. The van der Waals surface area contributed by atoms with Gasteiger partial charge in [-0.15, -0.1) is 0 Å². The van der Waals surface area contributed by atoms with Crippen molar-refractivity contribution < 1.29 is 0 Å². The van der Waals surface area contributed by atoms with Gasteiger partial charge in [0, 0.05) is 24.3 Å². The molecule has 0 aliphatic carbocycles. The number of rotatable bonds is 6. The van der Waals surface area contributed by atoms with Crippen molar-refractivity contribution in [1.82, 2.24) is 15.1 Å². The van der Waals surface area contributed by atoms with Crippen molar-refractivity contribution in [2.24, 2.45) is 13.0 Å². The highest BCUT2D eigenvalue weighted by molar-refractivity contribution is 5.28. The third-order valence-electron chi connectivity index (χ3n) is 3.70. The summed E-state index contributed by atoms with van der Waals surface area (Å²) < 4.78 is 1.99. The second-order valence-electron chi connectivity index (χ2n) is 5.07. The summed E-state index contributed by atoms with van der Waals surface area (Å²) in [5.74, 6) is 0.748. The van der Waals surface area contributed by atoms with Crippen LogP contribution in [0.2, 0.25) is 0 Å². The van der Waals surface area contributed by atoms with Crippen LogP contribution in [0.25, 0.3) is 0 Å². The van der Waals surface area contributed by atoms with E-state index in [4.69, 9.17) is 0 Å². The van der Waals surface area contributed by atoms with Crippen LogP contribution in [0.3, 0.4) is 0 Å². The zero-order valence-electron chi connectivity index (χ0n) is 12.2. The Balaban J connectivity index is 2.96. The molecule has 17 heavy (non-hydrogen) atoms. The molecule has 1 heterocycles. The van der Waals surface area contributed by atoms with Crippen LogP contribution < -0.4 is 5.32 Å². The molecule has 0 radical (unpaired) electrons. The standard InChI is InChI=1S/C14H27N3/c1-7-10(3)9-13(15-8-2)14-11(4)16-17(6)12(14)5/h10,13,15H,7-9H2,1-6H3. The number of hydrogen-bond donors (Lipinski definition) is 1. The van der Waals surface area contributed by atoms with Gasteiger partial charge in [-0.3, -0.25) is 4.68 Å². The zero-order valence-corrected chi connectivity index (χ0v) is 12.2. The Bertz CT molecular complexity index is 355. The number of nitrogens with one attached hydrogen (secondary N) is 1. The van der Waals surface area contributed by atoms with Crippen molar-refractivity contribution in [3.63, 3.8) is 0 Å². The fraction of sp³-hybridized carbons (Fsp3) is 0.786. The predicted octanol–water partition coefficient (Wildman–Crippen LogP) is 3.12. The smallest absolute Gasteiger partial charge is 0.0644 e. The molecule has 2 unspecified atom stereocenters. The molecule has 0 saturated carbocycles. The maximum Gasteiger partial charge on any atom is 0.0644 e. The van der Waals surface area contributed by atoms with Gasteiger partial charge in [0.2, 0.25) is 0 Å². The van der Waals surface area contributed by atoms with Crippen LogP contribution in [0, 0.1) is 19.8 Å². The van der Waals surface area contributed by atoms with Crippen molar-refractivity contribution in [3.05, 3.63) is 17.0 Å². The Morgan fingerprint density at radius 2 is 1.94 bits per heavy atom. The average molecular weight is 237 g/mol. The summed E-state index contributed by atoms with van der Waals surface area (Å²) in [4.78, 5) is 0. The van der Waals surface area contributed by atoms with Gasteiger partial charge < -0.3 is 5.32 Å². The first-order chi connectivity index (χ1) is 8.01. The van der Waals surface area contributed by atoms with Gasteiger partial charge in [-0.05, 0) is 32.7 Å². The molecule has 1 rings (SSSR count). The first-order valence-corrected chi connectivity index (χ1v) is 6.74. The van der Waals surface area contributed by atoms with E-state index in [0.29, 0.717) is 6.04 Å². The summed E-state index contributed by atoms with van der Waals surface area (Å²) in [6.07, 6.45) is 2.43. The molecule has 0 saturated heterocycles. The van der Waals surface area contributed by atoms with Crippen molar-refractivity contribution >= 4 is 0 Å². The average Bonchev–Trinajstić information content (AvgIpc) is 2.52. The monoisotopic (exact) mass is 237 g/mol. The summed E-state index contributed by atoms with van der Waals surface area (Å²) >= 11 is 0. The molecule has 0 bridgehead atoms. The molecule has 0 spiro atoms. The predicted molar refractivity (Wildman–Crippen MR) is 73.2 cm³/mol. The second-order valence-corrected chi connectivity index (χ2v) is 5.07. The van der Waals surface area contributed by atoms with Crippen LogP contribution in [-0.4, -0.2) is 16.3 Å². The molecule has 0 aliphatic heterocycles. The van der Waals surface area contributed by atoms with E-state index in [1.807, 2.05) is 11.7 Å². The molecule has 0 aliphatic rings. The van der Waals surface area contributed by atoms with E-state index in [-0.39, 0.29) is 0 Å². The van der Waals surface area contributed by atoms with Gasteiger partial charge in [-0.25, -0.2) is 0 Å². The van der Waals surface area contributed by atoms with Crippen LogP contribution in [0.1, 0.15) is 56.6 Å². The molecule has 3 nitrogen and oxygen atoms in total. The quantitative estimate of drug-likeness (QED) is 0.824. The molecule has 0 aromatic carbocycles. The highest BCUT2D eigenvalue weighted by Gasteiger charge is 2.20. The summed E-state index contributed by atoms with van der Waals surface area (Å²) in [6.45, 7) is 12.0. The van der Waals surface area contributed by atoms with Crippen molar-refractivity contribution in [3.8, 4) is 0 Å². The lowest BCUT2D eigenvalue weighted by molar-refractivity contribution is 0.406. The lowest BCUT2D eigenvalue weighted by Gasteiger charge is -2.22. The topological polar surface area (TPSA) is 29.9 Å². The molecule has 0 amide bonds. The Labute approximate surface area is 106 Å². The summed E-state index contributed by atoms with van der Waals surface area (Å²) in [5, 5.41) is 8.13. The zero-order chi connectivity index (χ0) is 13.0. The number of hydrogen-bond acceptors (Lipinski definition) is 2. The lowest BCUT2D eigenvalue weighted by atomic mass is 9.93. The third-order valence-corrected chi connectivity index (χ3v) is 3.70. The molecule has 98 valence electrons. The van der Waals surface area contributed by atoms with E-state index in [0.717, 1.165) is 12.5 Å². The Hall–Kier alpha value is -0.830. The van der Waals surface area contributed by atoms with E-state index < -0.39 is 0 Å². The van der Waals surface area contributed by atoms with E-state index in [2.05, 4.69) is 45.0 Å². The van der Waals surface area contributed by atoms with E-state index in [9.17, 15) is 0 Å². The normalized spacial score (nSPS) is 14.9. The third kappa shape index (κ3) is 3.32. The molecule has 3 heteroatoms. The SMILES string of the molecule is CCNC(CC(C)CC)c1c(C)nn(C)c1C. The van der Waals surface area contributed by atoms with Crippen LogP contribution in [-0.2, 0) is 7.05 Å². The van der Waals surface area contributed by atoms with Gasteiger partial charge in [0.15, 0.2) is 0 Å². The largest absolute Gasteiger partial charge is 0.310 e. The van der Waals surface area contributed by atoms with Crippen molar-refractivity contribution in [2.75, 3.05) is 6.54 Å². The van der Waals surface area contributed by atoms with Crippen LogP contribution in [0.15, 0.2) is 0 Å². The second kappa shape index (κ2) is 6.20. The minimum atomic E-state index is 0.448. The van der Waals surface area contributed by atoms with Gasteiger partial charge >= 0.3 is 0 Å². The van der Waals surface area contributed by atoms with Crippen LogP contribution >= 0.6 is 0 Å². The minimum Gasteiger partial charge on any atom is -0.310 e. The van der Waals surface area contributed by atoms with Gasteiger partial charge in [-0.2, -0.15) is 5.10 Å². The summed E-state index contributed by atoms with van der Waals surface area (Å²) in [6, 6.07) is 0.448. The Morgan fingerprint density at radius 3 is 2.35 bits per heavy atom. The lowest BCUT2D eigenvalue weighted by Crippen LogP contribution is -2.24. The van der Waals surface area contributed by atoms with Crippen molar-refractivity contribution in [1.29, 1.82) is 0 Å². The van der Waals surface area contributed by atoms with Gasteiger partial charge in [0.05, 0.1) is 5.69 Å². The number of aromatic nitrogens is 2. The fourth-order valence-electron chi connectivity index (χ4n) is 2.41. The van der Waals surface area contributed by atoms with Crippen molar-refractivity contribution in [2.45, 2.75) is 53.5 Å². The first-order valence-electron chi connectivity index (χ1n) is 6.74. The summed E-state index contributed by atoms with van der Waals surface area (Å²) in [7, 11) is 2.03. The molecular formula is C14H27N3. The number of nitrogens with zero attached hydrogens (tertiary/aromatic N) is 2. The van der Waals surface area contributed by atoms with E-state index >= 15 is 0 Å². The maximum absolute atomic E-state index is 4.52. The molecule has 0 fully saturated rings. The molecule has 2 atom stereocenters. The van der Waals surface area contributed by atoms with Gasteiger partial charge in [0.1, 0.15) is 0 Å². The molecule has 1 aromatic heterocycles. The van der Waals surface area contributed by atoms with Crippen LogP contribution in [0.5, 0.6) is 0 Å². The van der Waals surface area contributed by atoms with Crippen LogP contribution in [0.4, 0.5) is 0 Å². The highest BCUT2D eigenvalue weighted by atomic mass is 15.3. The Kier molecular flexibility index (Phi) is 5.19. The number of aryl methyl sites for hydroxylation is 2. The minimum absolute atomic E-state index is 0.448. The fourth-order valence-corrected chi connectivity index (χ4v) is 2.41. The highest BCUT2D eigenvalue weighted by Crippen LogP contribution is 2.27.